The zero-order valence-electron chi connectivity index (χ0n) is 12.3. The fourth-order valence-corrected chi connectivity index (χ4v) is 3.21. The molecular weight excluding hydrogens is 252 g/mol. The highest BCUT2D eigenvalue weighted by Crippen LogP contribution is 2.43. The first-order valence-corrected chi connectivity index (χ1v) is 7.29. The molecule has 20 heavy (non-hydrogen) atoms. The summed E-state index contributed by atoms with van der Waals surface area (Å²) < 4.78 is 5.59. The molecule has 1 aromatic rings. The molecule has 2 unspecified atom stereocenters. The lowest BCUT2D eigenvalue weighted by molar-refractivity contribution is 0.0562. The second-order valence-electron chi connectivity index (χ2n) is 6.58. The number of nitrogens with one attached hydrogen (secondary N) is 1. The number of ether oxygens (including phenoxy) is 1. The van der Waals surface area contributed by atoms with Crippen LogP contribution in [0.2, 0.25) is 0 Å². The summed E-state index contributed by atoms with van der Waals surface area (Å²) >= 11 is 0. The maximum Gasteiger partial charge on any atom is 0.415 e. The van der Waals surface area contributed by atoms with Gasteiger partial charge in [-0.15, -0.1) is 0 Å². The number of rotatable bonds is 0. The minimum Gasteiger partial charge on any atom is -0.443 e. The summed E-state index contributed by atoms with van der Waals surface area (Å²) in [6, 6.07) is 8.41. The van der Waals surface area contributed by atoms with Gasteiger partial charge in [-0.05, 0) is 45.4 Å². The summed E-state index contributed by atoms with van der Waals surface area (Å²) in [5, 5.41) is 3.43. The Morgan fingerprint density at radius 1 is 1.35 bits per heavy atom. The Labute approximate surface area is 120 Å². The molecule has 108 valence electrons. The third-order valence-electron chi connectivity index (χ3n) is 3.96. The van der Waals surface area contributed by atoms with Crippen LogP contribution in [-0.2, 0) is 4.74 Å². The van der Waals surface area contributed by atoms with E-state index in [0.29, 0.717) is 5.92 Å². The molecule has 2 aliphatic heterocycles. The molecule has 0 bridgehead atoms. The van der Waals surface area contributed by atoms with Crippen LogP contribution in [0.15, 0.2) is 24.3 Å². The standard InChI is InChI=1S/C16H22N2O2/c1-16(2,3)20-15(19)18-13-7-5-4-6-11(13)12-10-17-9-8-14(12)18/h4-7,12,14,17H,8-10H2,1-3H3. The molecule has 1 amide bonds. The van der Waals surface area contributed by atoms with Gasteiger partial charge in [0.2, 0.25) is 0 Å². The van der Waals surface area contributed by atoms with Crippen molar-refractivity contribution in [2.75, 3.05) is 18.0 Å². The molecule has 0 saturated carbocycles. The molecule has 0 aromatic heterocycles. The molecule has 1 aromatic carbocycles. The van der Waals surface area contributed by atoms with E-state index in [1.54, 1.807) is 0 Å². The van der Waals surface area contributed by atoms with E-state index in [4.69, 9.17) is 4.74 Å². The molecular formula is C16H22N2O2. The van der Waals surface area contributed by atoms with Crippen LogP contribution in [0, 0.1) is 0 Å². The summed E-state index contributed by atoms with van der Waals surface area (Å²) in [7, 11) is 0. The molecule has 2 atom stereocenters. The van der Waals surface area contributed by atoms with Crippen LogP contribution in [-0.4, -0.2) is 30.8 Å². The Morgan fingerprint density at radius 3 is 2.85 bits per heavy atom. The number of para-hydroxylation sites is 1. The van der Waals surface area contributed by atoms with E-state index in [2.05, 4.69) is 11.4 Å². The fraction of sp³-hybridized carbons (Fsp3) is 0.562. The Kier molecular flexibility index (Phi) is 3.21. The van der Waals surface area contributed by atoms with Gasteiger partial charge in [0.25, 0.3) is 0 Å². The number of carbonyl (C=O) groups excluding carboxylic acids is 1. The fourth-order valence-electron chi connectivity index (χ4n) is 3.21. The van der Waals surface area contributed by atoms with Gasteiger partial charge in [0.05, 0.1) is 5.69 Å². The second kappa shape index (κ2) is 4.77. The maximum atomic E-state index is 12.6. The highest BCUT2D eigenvalue weighted by molar-refractivity contribution is 5.92. The van der Waals surface area contributed by atoms with Gasteiger partial charge < -0.3 is 10.1 Å². The zero-order chi connectivity index (χ0) is 14.3. The van der Waals surface area contributed by atoms with Crippen molar-refractivity contribution in [2.45, 2.75) is 44.8 Å². The van der Waals surface area contributed by atoms with Crippen LogP contribution >= 0.6 is 0 Å². The zero-order valence-corrected chi connectivity index (χ0v) is 12.3. The molecule has 1 saturated heterocycles. The first-order chi connectivity index (χ1) is 9.47. The van der Waals surface area contributed by atoms with Gasteiger partial charge in [-0.3, -0.25) is 4.90 Å². The van der Waals surface area contributed by atoms with E-state index in [0.717, 1.165) is 25.2 Å². The number of piperidine rings is 1. The number of fused-ring (bicyclic) bond motifs is 3. The van der Waals surface area contributed by atoms with E-state index in [1.165, 1.54) is 5.56 Å². The van der Waals surface area contributed by atoms with Crippen molar-refractivity contribution in [1.82, 2.24) is 5.32 Å². The molecule has 2 aliphatic rings. The first-order valence-electron chi connectivity index (χ1n) is 7.29. The molecule has 1 fully saturated rings. The summed E-state index contributed by atoms with van der Waals surface area (Å²) in [6.45, 7) is 7.61. The number of carbonyl (C=O) groups is 1. The van der Waals surface area contributed by atoms with Gasteiger partial charge >= 0.3 is 6.09 Å². The lowest BCUT2D eigenvalue weighted by Gasteiger charge is -2.33. The monoisotopic (exact) mass is 274 g/mol. The average molecular weight is 274 g/mol. The summed E-state index contributed by atoms with van der Waals surface area (Å²) in [6.07, 6.45) is 0.748. The predicted molar refractivity (Wildman–Crippen MR) is 79.2 cm³/mol. The van der Waals surface area contributed by atoms with Gasteiger partial charge in [0.1, 0.15) is 5.60 Å². The number of anilines is 1. The van der Waals surface area contributed by atoms with Gasteiger partial charge in [-0.1, -0.05) is 18.2 Å². The van der Waals surface area contributed by atoms with Crippen LogP contribution in [0.3, 0.4) is 0 Å². The summed E-state index contributed by atoms with van der Waals surface area (Å²) in [4.78, 5) is 14.4. The molecule has 0 aliphatic carbocycles. The largest absolute Gasteiger partial charge is 0.443 e. The Hall–Kier alpha value is -1.55. The normalized spacial score (nSPS) is 25.1. The number of benzene rings is 1. The maximum absolute atomic E-state index is 12.6. The third-order valence-corrected chi connectivity index (χ3v) is 3.96. The van der Waals surface area contributed by atoms with Crippen LogP contribution in [0.5, 0.6) is 0 Å². The minimum absolute atomic E-state index is 0.223. The van der Waals surface area contributed by atoms with Gasteiger partial charge in [0, 0.05) is 18.5 Å². The van der Waals surface area contributed by atoms with Crippen molar-refractivity contribution in [1.29, 1.82) is 0 Å². The van der Waals surface area contributed by atoms with Crippen molar-refractivity contribution in [3.05, 3.63) is 29.8 Å². The van der Waals surface area contributed by atoms with Crippen LogP contribution < -0.4 is 10.2 Å². The van der Waals surface area contributed by atoms with E-state index in [9.17, 15) is 4.79 Å². The smallest absolute Gasteiger partial charge is 0.415 e. The second-order valence-corrected chi connectivity index (χ2v) is 6.58. The molecule has 2 heterocycles. The van der Waals surface area contributed by atoms with Crippen LogP contribution in [0.1, 0.15) is 38.7 Å². The summed E-state index contributed by atoms with van der Waals surface area (Å²) in [5.41, 5.74) is 1.81. The third kappa shape index (κ3) is 2.29. The van der Waals surface area contributed by atoms with E-state index in [1.807, 2.05) is 43.9 Å². The van der Waals surface area contributed by atoms with E-state index < -0.39 is 5.60 Å². The summed E-state index contributed by atoms with van der Waals surface area (Å²) in [5.74, 6) is 0.382. The van der Waals surface area contributed by atoms with Crippen LogP contribution in [0.4, 0.5) is 10.5 Å². The molecule has 1 N–H and O–H groups in total. The Bertz CT molecular complexity index is 521. The van der Waals surface area contributed by atoms with Crippen molar-refractivity contribution < 1.29 is 9.53 Å². The van der Waals surface area contributed by atoms with E-state index >= 15 is 0 Å². The number of hydrogen-bond donors (Lipinski definition) is 1. The molecule has 3 rings (SSSR count). The predicted octanol–water partition coefficient (Wildman–Crippen LogP) is 2.89. The molecule has 0 spiro atoms. The Balaban J connectivity index is 1.95. The van der Waals surface area contributed by atoms with Gasteiger partial charge in [0.15, 0.2) is 0 Å². The lowest BCUT2D eigenvalue weighted by atomic mass is 9.90. The van der Waals surface area contributed by atoms with Gasteiger partial charge in [-0.25, -0.2) is 4.79 Å². The SMILES string of the molecule is CC(C)(C)OC(=O)N1c2ccccc2C2CNCCC21. The number of hydrogen-bond acceptors (Lipinski definition) is 3. The van der Waals surface area contributed by atoms with E-state index in [-0.39, 0.29) is 12.1 Å². The van der Waals surface area contributed by atoms with Crippen LogP contribution in [0.25, 0.3) is 0 Å². The molecule has 4 heteroatoms. The first kappa shape index (κ1) is 13.4. The van der Waals surface area contributed by atoms with Crippen molar-refractivity contribution in [3.63, 3.8) is 0 Å². The van der Waals surface area contributed by atoms with Crippen molar-refractivity contribution in [3.8, 4) is 0 Å². The highest BCUT2D eigenvalue weighted by Gasteiger charge is 2.43. The number of nitrogens with zero attached hydrogens (tertiary/aromatic N) is 1. The van der Waals surface area contributed by atoms with Crippen molar-refractivity contribution in [2.24, 2.45) is 0 Å². The minimum atomic E-state index is -0.461. The number of amides is 1. The lowest BCUT2D eigenvalue weighted by Crippen LogP contribution is -2.48. The quantitative estimate of drug-likeness (QED) is 0.791. The topological polar surface area (TPSA) is 41.6 Å². The Morgan fingerprint density at radius 2 is 2.10 bits per heavy atom. The van der Waals surface area contributed by atoms with Gasteiger partial charge in [-0.2, -0.15) is 0 Å². The van der Waals surface area contributed by atoms with Crippen molar-refractivity contribution >= 4 is 11.8 Å². The molecule has 4 nitrogen and oxygen atoms in total. The highest BCUT2D eigenvalue weighted by atomic mass is 16.6. The average Bonchev–Trinajstić information content (AvgIpc) is 2.71. The molecule has 0 radical (unpaired) electrons.